The Labute approximate surface area is 209 Å². The van der Waals surface area contributed by atoms with E-state index in [-0.39, 0.29) is 22.6 Å². The number of carbonyl (C=O) groups is 4. The van der Waals surface area contributed by atoms with E-state index < -0.39 is 78.1 Å². The SMILES string of the molecule is CC(=O)OC[C@H]1O[C@@H]([Se]CCS(=O)(=O)c2ccccc2)[C@H](OC(C)=O)[C@@H](OC(C)=O)[C@@H]1OC(C)=O. The van der Waals surface area contributed by atoms with Gasteiger partial charge in [-0.15, -0.1) is 0 Å². The molecule has 13 heteroatoms. The molecule has 1 aromatic carbocycles. The average Bonchev–Trinajstić information content (AvgIpc) is 2.76. The molecule has 0 saturated carbocycles. The van der Waals surface area contributed by atoms with Crippen molar-refractivity contribution < 1.29 is 51.3 Å². The first-order valence-electron chi connectivity index (χ1n) is 10.6. The van der Waals surface area contributed by atoms with Gasteiger partial charge in [0.25, 0.3) is 0 Å². The zero-order valence-electron chi connectivity index (χ0n) is 19.7. The van der Waals surface area contributed by atoms with E-state index in [2.05, 4.69) is 0 Å². The third-order valence-corrected chi connectivity index (χ3v) is 9.41. The van der Waals surface area contributed by atoms with Crippen LogP contribution in [-0.4, -0.2) is 89.0 Å². The fraction of sp³-hybridized carbons (Fsp3) is 0.545. The molecule has 0 bridgehead atoms. The van der Waals surface area contributed by atoms with Gasteiger partial charge in [0.05, 0.1) is 0 Å². The standard InChI is InChI=1S/C22H28O11SSe/c1-13(23)29-12-18-19(30-14(2)24)20(31-15(3)25)21(32-16(4)26)22(33-18)35-11-10-34(27,28)17-8-6-5-7-9-17/h5-9,18-22H,10-12H2,1-4H3/t18-,19-,20+,21-,22+/m1/s1. The molecule has 2 rings (SSSR count). The molecule has 35 heavy (non-hydrogen) atoms. The van der Waals surface area contributed by atoms with Gasteiger partial charge in [0.2, 0.25) is 0 Å². The molecule has 0 amide bonds. The van der Waals surface area contributed by atoms with Crippen LogP contribution in [0.4, 0.5) is 0 Å². The molecular weight excluding hydrogens is 551 g/mol. The van der Waals surface area contributed by atoms with Gasteiger partial charge in [0.15, 0.2) is 0 Å². The van der Waals surface area contributed by atoms with Crippen LogP contribution in [0.1, 0.15) is 27.7 Å². The Hall–Kier alpha value is -2.47. The molecule has 1 aromatic rings. The van der Waals surface area contributed by atoms with Crippen molar-refractivity contribution in [2.24, 2.45) is 0 Å². The second-order valence-corrected chi connectivity index (χ2v) is 12.2. The van der Waals surface area contributed by atoms with Gasteiger partial charge in [-0.1, -0.05) is 0 Å². The summed E-state index contributed by atoms with van der Waals surface area (Å²) in [7, 11) is -3.57. The van der Waals surface area contributed by atoms with Crippen LogP contribution in [0.25, 0.3) is 0 Å². The van der Waals surface area contributed by atoms with E-state index in [1.54, 1.807) is 18.2 Å². The molecule has 0 spiro atoms. The topological polar surface area (TPSA) is 149 Å². The second-order valence-electron chi connectivity index (χ2n) is 7.57. The van der Waals surface area contributed by atoms with Crippen LogP contribution in [-0.2, 0) is 52.7 Å². The van der Waals surface area contributed by atoms with Crippen molar-refractivity contribution in [3.63, 3.8) is 0 Å². The van der Waals surface area contributed by atoms with Gasteiger partial charge in [0.1, 0.15) is 0 Å². The Morgan fingerprint density at radius 3 is 1.91 bits per heavy atom. The van der Waals surface area contributed by atoms with Crippen molar-refractivity contribution in [3.8, 4) is 0 Å². The molecule has 5 atom stereocenters. The Balaban J connectivity index is 2.30. The van der Waals surface area contributed by atoms with Gasteiger partial charge in [0, 0.05) is 0 Å². The summed E-state index contributed by atoms with van der Waals surface area (Å²) in [6.07, 6.45) is -4.71. The van der Waals surface area contributed by atoms with Gasteiger partial charge in [-0.05, 0) is 0 Å². The summed E-state index contributed by atoms with van der Waals surface area (Å²) < 4.78 is 52.4. The Morgan fingerprint density at radius 2 is 1.37 bits per heavy atom. The predicted molar refractivity (Wildman–Crippen MR) is 121 cm³/mol. The first-order valence-corrected chi connectivity index (χ1v) is 14.5. The van der Waals surface area contributed by atoms with Crippen molar-refractivity contribution in [1.29, 1.82) is 0 Å². The van der Waals surface area contributed by atoms with E-state index in [1.165, 1.54) is 19.1 Å². The number of carbonyl (C=O) groups excluding carboxylic acids is 4. The van der Waals surface area contributed by atoms with E-state index in [9.17, 15) is 27.6 Å². The van der Waals surface area contributed by atoms with Crippen LogP contribution in [0.15, 0.2) is 35.2 Å². The summed E-state index contributed by atoms with van der Waals surface area (Å²) in [6, 6.07) is 7.95. The van der Waals surface area contributed by atoms with Crippen LogP contribution >= 0.6 is 0 Å². The van der Waals surface area contributed by atoms with Crippen molar-refractivity contribution >= 4 is 48.7 Å². The number of esters is 4. The van der Waals surface area contributed by atoms with E-state index in [4.69, 9.17) is 23.7 Å². The summed E-state index contributed by atoms with van der Waals surface area (Å²) >= 11 is -0.601. The number of benzene rings is 1. The maximum atomic E-state index is 12.7. The molecule has 0 N–H and O–H groups in total. The van der Waals surface area contributed by atoms with Crippen molar-refractivity contribution in [3.05, 3.63) is 30.3 Å². The van der Waals surface area contributed by atoms with E-state index >= 15 is 0 Å². The zero-order valence-corrected chi connectivity index (χ0v) is 22.2. The normalized spacial score (nSPS) is 24.2. The van der Waals surface area contributed by atoms with Gasteiger partial charge in [-0.25, -0.2) is 0 Å². The van der Waals surface area contributed by atoms with Gasteiger partial charge in [-0.3, -0.25) is 0 Å². The molecule has 11 nitrogen and oxygen atoms in total. The summed E-state index contributed by atoms with van der Waals surface area (Å²) in [6.45, 7) is 4.29. The molecule has 1 aliphatic rings. The fourth-order valence-electron chi connectivity index (χ4n) is 3.34. The van der Waals surface area contributed by atoms with Crippen LogP contribution < -0.4 is 0 Å². The van der Waals surface area contributed by atoms with E-state index in [0.29, 0.717) is 0 Å². The van der Waals surface area contributed by atoms with Crippen molar-refractivity contribution in [2.45, 2.75) is 67.3 Å². The molecule has 0 radical (unpaired) electrons. The summed E-state index contributed by atoms with van der Waals surface area (Å²) in [5.74, 6) is -2.95. The third-order valence-electron chi connectivity index (χ3n) is 4.68. The molecular formula is C22H28O11SSe. The second kappa shape index (κ2) is 13.0. The van der Waals surface area contributed by atoms with Gasteiger partial charge >= 0.3 is 210 Å². The minimum atomic E-state index is -3.57. The van der Waals surface area contributed by atoms with Crippen LogP contribution in [0.5, 0.6) is 0 Å². The van der Waals surface area contributed by atoms with Gasteiger partial charge in [-0.2, -0.15) is 0 Å². The molecule has 194 valence electrons. The third kappa shape index (κ3) is 8.92. The maximum absolute atomic E-state index is 12.7. The Bertz CT molecular complexity index is 1010. The molecule has 0 aliphatic carbocycles. The molecule has 0 aromatic heterocycles. The molecule has 1 heterocycles. The number of rotatable bonds is 10. The number of hydrogen-bond acceptors (Lipinski definition) is 11. The zero-order chi connectivity index (χ0) is 26.2. The van der Waals surface area contributed by atoms with Crippen molar-refractivity contribution in [1.82, 2.24) is 0 Å². The number of hydrogen-bond donors (Lipinski definition) is 0. The van der Waals surface area contributed by atoms with Crippen LogP contribution in [0.2, 0.25) is 5.32 Å². The molecule has 1 saturated heterocycles. The predicted octanol–water partition coefficient (Wildman–Crippen LogP) is 0.666. The summed E-state index contributed by atoms with van der Waals surface area (Å²) in [5, 5.41) is -0.702. The quantitative estimate of drug-likeness (QED) is 0.219. The Kier molecular flexibility index (Phi) is 10.7. The average molecular weight is 579 g/mol. The Morgan fingerprint density at radius 1 is 0.829 bits per heavy atom. The summed E-state index contributed by atoms with van der Waals surface area (Å²) in [4.78, 5) is 47.0. The minimum absolute atomic E-state index is 0.178. The summed E-state index contributed by atoms with van der Waals surface area (Å²) in [5.41, 5.74) is 0. The molecule has 1 fully saturated rings. The molecule has 0 unspecified atom stereocenters. The van der Waals surface area contributed by atoms with Crippen LogP contribution in [0, 0.1) is 0 Å². The van der Waals surface area contributed by atoms with E-state index in [0.717, 1.165) is 20.8 Å². The number of ether oxygens (including phenoxy) is 5. The van der Waals surface area contributed by atoms with Crippen LogP contribution in [0.3, 0.4) is 0 Å². The van der Waals surface area contributed by atoms with E-state index in [1.807, 2.05) is 0 Å². The fourth-order valence-corrected chi connectivity index (χ4v) is 8.24. The number of sulfone groups is 1. The first kappa shape index (κ1) is 28.8. The first-order chi connectivity index (χ1) is 16.4. The van der Waals surface area contributed by atoms with Gasteiger partial charge < -0.3 is 0 Å². The monoisotopic (exact) mass is 580 g/mol. The molecule has 1 aliphatic heterocycles. The van der Waals surface area contributed by atoms with Crippen molar-refractivity contribution in [2.75, 3.05) is 12.4 Å².